The maximum absolute atomic E-state index is 9.50. The number of rotatable bonds is 5. The van der Waals surface area contributed by atoms with E-state index >= 15 is 0 Å². The summed E-state index contributed by atoms with van der Waals surface area (Å²) in [6.45, 7) is 0. The van der Waals surface area contributed by atoms with E-state index in [0.717, 1.165) is 67.4 Å². The van der Waals surface area contributed by atoms with Crippen molar-refractivity contribution >= 4 is 0 Å². The third kappa shape index (κ3) is 5.29. The van der Waals surface area contributed by atoms with Gasteiger partial charge in [-0.05, 0) is 93.0 Å². The summed E-state index contributed by atoms with van der Waals surface area (Å²) in [4.78, 5) is 10.4. The van der Waals surface area contributed by atoms with Gasteiger partial charge in [0.05, 0.1) is 28.4 Å². The molecule has 1 aliphatic heterocycles. The van der Waals surface area contributed by atoms with E-state index in [1.54, 1.807) is 0 Å². The Bertz CT molecular complexity index is 3030. The largest absolute Gasteiger partial charge is 0.457 e. The van der Waals surface area contributed by atoms with E-state index in [4.69, 9.17) is 14.7 Å². The van der Waals surface area contributed by atoms with Gasteiger partial charge >= 0.3 is 0 Å². The number of nitriles is 1. The summed E-state index contributed by atoms with van der Waals surface area (Å²) in [5.74, 6) is 2.29. The molecule has 0 atom stereocenters. The summed E-state index contributed by atoms with van der Waals surface area (Å²) in [6, 6.07) is 71.9. The van der Waals surface area contributed by atoms with Crippen LogP contribution in [-0.2, 0) is 5.41 Å². The van der Waals surface area contributed by atoms with E-state index in [-0.39, 0.29) is 0 Å². The monoisotopic (exact) mass is 739 g/mol. The van der Waals surface area contributed by atoms with E-state index in [0.29, 0.717) is 11.4 Å². The molecular formula is C54H33N3O. The third-order valence-electron chi connectivity index (χ3n) is 11.6. The van der Waals surface area contributed by atoms with Crippen molar-refractivity contribution in [3.63, 3.8) is 0 Å². The Balaban J connectivity index is 1.13. The van der Waals surface area contributed by atoms with Crippen molar-refractivity contribution in [2.24, 2.45) is 0 Å². The van der Waals surface area contributed by atoms with Crippen LogP contribution in [0.15, 0.2) is 200 Å². The summed E-state index contributed by atoms with van der Waals surface area (Å²) in [6.07, 6.45) is 0. The van der Waals surface area contributed by atoms with Crippen molar-refractivity contribution in [3.05, 3.63) is 228 Å². The first-order valence-electron chi connectivity index (χ1n) is 19.4. The molecule has 2 aliphatic rings. The van der Waals surface area contributed by atoms with Crippen molar-refractivity contribution in [2.75, 3.05) is 0 Å². The lowest BCUT2D eigenvalue weighted by molar-refractivity contribution is 0.436. The van der Waals surface area contributed by atoms with Crippen LogP contribution >= 0.6 is 0 Å². The normalized spacial score (nSPS) is 12.7. The maximum atomic E-state index is 9.50. The average molecular weight is 740 g/mol. The predicted molar refractivity (Wildman–Crippen MR) is 231 cm³/mol. The van der Waals surface area contributed by atoms with Crippen LogP contribution in [0.1, 0.15) is 27.8 Å². The molecule has 1 aliphatic carbocycles. The van der Waals surface area contributed by atoms with Crippen molar-refractivity contribution in [1.82, 2.24) is 9.97 Å². The lowest BCUT2D eigenvalue weighted by Crippen LogP contribution is -2.32. The van der Waals surface area contributed by atoms with Gasteiger partial charge in [0.25, 0.3) is 0 Å². The first kappa shape index (κ1) is 33.5. The Hall–Kier alpha value is -7.87. The molecule has 0 fully saturated rings. The summed E-state index contributed by atoms with van der Waals surface area (Å²) >= 11 is 0. The van der Waals surface area contributed by atoms with Gasteiger partial charge in [0, 0.05) is 27.8 Å². The molecule has 0 bridgehead atoms. The molecule has 1 spiro atoms. The second-order valence-corrected chi connectivity index (χ2v) is 14.8. The number of fused-ring (bicyclic) bond motifs is 9. The van der Waals surface area contributed by atoms with Crippen LogP contribution in [0.3, 0.4) is 0 Å². The van der Waals surface area contributed by atoms with Crippen LogP contribution in [-0.4, -0.2) is 9.97 Å². The molecule has 0 saturated carbocycles. The Kier molecular flexibility index (Phi) is 7.74. The zero-order chi connectivity index (χ0) is 38.6. The molecule has 58 heavy (non-hydrogen) atoms. The Morgan fingerprint density at radius 2 is 0.828 bits per heavy atom. The molecule has 4 heteroatoms. The van der Waals surface area contributed by atoms with Crippen LogP contribution in [0.5, 0.6) is 11.5 Å². The molecule has 9 aromatic rings. The first-order chi connectivity index (χ1) is 28.7. The summed E-state index contributed by atoms with van der Waals surface area (Å²) in [5, 5.41) is 9.50. The van der Waals surface area contributed by atoms with Crippen molar-refractivity contribution in [3.8, 4) is 84.9 Å². The maximum Gasteiger partial charge on any atom is 0.160 e. The fraction of sp³-hybridized carbons (Fsp3) is 0.0185. The number of hydrogen-bond donors (Lipinski definition) is 0. The van der Waals surface area contributed by atoms with Gasteiger partial charge in [-0.1, -0.05) is 152 Å². The Morgan fingerprint density at radius 3 is 1.45 bits per heavy atom. The van der Waals surface area contributed by atoms with Gasteiger partial charge in [-0.2, -0.15) is 5.26 Å². The highest BCUT2D eigenvalue weighted by atomic mass is 16.5. The minimum atomic E-state index is -0.680. The third-order valence-corrected chi connectivity index (χ3v) is 11.6. The molecule has 0 unspecified atom stereocenters. The quantitative estimate of drug-likeness (QED) is 0.176. The fourth-order valence-corrected chi connectivity index (χ4v) is 8.90. The van der Waals surface area contributed by atoms with E-state index in [1.165, 1.54) is 27.8 Å². The SMILES string of the molecule is N#Cc1ccc(-c2ccc3c(c2)C2(c4cc(-c5cc(-c6ccc(-c7ccccc7)cc6)nc(-c6ccccc6)n5)ccc4O3)c3ccccc3-c3ccccc32)cc1. The van der Waals surface area contributed by atoms with Crippen LogP contribution in [0.2, 0.25) is 0 Å². The molecule has 4 nitrogen and oxygen atoms in total. The highest BCUT2D eigenvalue weighted by Gasteiger charge is 2.51. The van der Waals surface area contributed by atoms with Gasteiger partial charge in [0.2, 0.25) is 0 Å². The van der Waals surface area contributed by atoms with Crippen molar-refractivity contribution in [1.29, 1.82) is 5.26 Å². The average Bonchev–Trinajstić information content (AvgIpc) is 3.60. The molecule has 0 saturated heterocycles. The number of hydrogen-bond acceptors (Lipinski definition) is 4. The van der Waals surface area contributed by atoms with Crippen LogP contribution < -0.4 is 4.74 Å². The van der Waals surface area contributed by atoms with Gasteiger partial charge in [0.1, 0.15) is 11.5 Å². The zero-order valence-corrected chi connectivity index (χ0v) is 31.3. The smallest absolute Gasteiger partial charge is 0.160 e. The van der Waals surface area contributed by atoms with E-state index in [2.05, 4.69) is 158 Å². The van der Waals surface area contributed by atoms with E-state index in [1.807, 2.05) is 48.5 Å². The highest BCUT2D eigenvalue weighted by molar-refractivity contribution is 5.90. The van der Waals surface area contributed by atoms with Crippen LogP contribution in [0.25, 0.3) is 67.3 Å². The Labute approximate surface area is 337 Å². The molecule has 1 aromatic heterocycles. The standard InChI is InChI=1S/C54H33N3O/c55-34-35-19-21-38(22-20-35)41-27-29-51-47(31-41)54(45-17-9-7-15-43(45)44-16-8-10-18-46(44)54)48-32-42(28-30-52(48)58-51)50-33-49(56-53(57-50)40-13-5-2-6-14-40)39-25-23-37(24-26-39)36-11-3-1-4-12-36/h1-33H. The number of benzene rings is 8. The molecule has 0 N–H and O–H groups in total. The van der Waals surface area contributed by atoms with Crippen molar-refractivity contribution < 1.29 is 4.74 Å². The summed E-state index contributed by atoms with van der Waals surface area (Å²) < 4.78 is 6.87. The minimum Gasteiger partial charge on any atom is -0.457 e. The molecular weight excluding hydrogens is 707 g/mol. The van der Waals surface area contributed by atoms with Gasteiger partial charge in [0.15, 0.2) is 5.82 Å². The Morgan fingerprint density at radius 1 is 0.379 bits per heavy atom. The summed E-state index contributed by atoms with van der Waals surface area (Å²) in [5.41, 5.74) is 16.0. The first-order valence-corrected chi connectivity index (χ1v) is 19.4. The highest BCUT2D eigenvalue weighted by Crippen LogP contribution is 2.62. The number of aromatic nitrogens is 2. The minimum absolute atomic E-state index is 0.633. The molecule has 0 radical (unpaired) electrons. The molecule has 11 rings (SSSR count). The lowest BCUT2D eigenvalue weighted by atomic mass is 9.65. The van der Waals surface area contributed by atoms with Crippen molar-refractivity contribution in [2.45, 2.75) is 5.41 Å². The second kappa shape index (κ2) is 13.4. The van der Waals surface area contributed by atoms with Crippen LogP contribution in [0.4, 0.5) is 0 Å². The van der Waals surface area contributed by atoms with Gasteiger partial charge in [-0.3, -0.25) is 0 Å². The van der Waals surface area contributed by atoms with Crippen LogP contribution in [0, 0.1) is 11.3 Å². The van der Waals surface area contributed by atoms with Gasteiger partial charge < -0.3 is 4.74 Å². The van der Waals surface area contributed by atoms with Gasteiger partial charge in [-0.15, -0.1) is 0 Å². The van der Waals surface area contributed by atoms with Gasteiger partial charge in [-0.25, -0.2) is 9.97 Å². The van der Waals surface area contributed by atoms with E-state index < -0.39 is 5.41 Å². The van der Waals surface area contributed by atoms with E-state index in [9.17, 15) is 5.26 Å². The fourth-order valence-electron chi connectivity index (χ4n) is 8.90. The molecule has 2 heterocycles. The lowest BCUT2D eigenvalue weighted by Gasteiger charge is -2.40. The second-order valence-electron chi connectivity index (χ2n) is 14.8. The molecule has 270 valence electrons. The topological polar surface area (TPSA) is 58.8 Å². The molecule has 0 amide bonds. The number of ether oxygens (including phenoxy) is 1. The summed E-state index contributed by atoms with van der Waals surface area (Å²) in [7, 11) is 0. The zero-order valence-electron chi connectivity index (χ0n) is 31.3. The molecule has 8 aromatic carbocycles. The predicted octanol–water partition coefficient (Wildman–Crippen LogP) is 13.2. The number of nitrogens with zero attached hydrogens (tertiary/aromatic N) is 3.